The molecule has 156 valence electrons. The minimum atomic E-state index is -3.71. The Hall–Kier alpha value is -2.87. The summed E-state index contributed by atoms with van der Waals surface area (Å²) < 4.78 is 31.0. The number of nitrogens with one attached hydrogen (secondary N) is 1. The van der Waals surface area contributed by atoms with E-state index < -0.39 is 27.9 Å². The van der Waals surface area contributed by atoms with Crippen molar-refractivity contribution in [2.45, 2.75) is 33.2 Å². The quantitative estimate of drug-likeness (QED) is 0.664. The Balaban J connectivity index is 2.32. The van der Waals surface area contributed by atoms with Crippen LogP contribution in [0.25, 0.3) is 0 Å². The Morgan fingerprint density at radius 2 is 1.76 bits per heavy atom. The molecule has 0 heterocycles. The molecule has 2 aromatic rings. The number of aryl methyl sites for hydroxylation is 1. The number of ether oxygens (including phenoxy) is 1. The largest absolute Gasteiger partial charge is 0.462 e. The van der Waals surface area contributed by atoms with Crippen molar-refractivity contribution in [3.05, 3.63) is 59.7 Å². The van der Waals surface area contributed by atoms with Gasteiger partial charge in [0.05, 0.1) is 24.1 Å². The fourth-order valence-corrected chi connectivity index (χ4v) is 4.13. The molecule has 2 rings (SSSR count). The maximum atomic E-state index is 12.9. The zero-order valence-corrected chi connectivity index (χ0v) is 17.8. The molecule has 7 nitrogen and oxygen atoms in total. The molecule has 0 aliphatic heterocycles. The SMILES string of the molecule is CCOC(=O)c1cccc(NC(=O)C(CC)N(c2ccc(C)cc2)S(C)(=O)=O)c1. The molecule has 0 radical (unpaired) electrons. The van der Waals surface area contributed by atoms with Crippen LogP contribution in [0.3, 0.4) is 0 Å². The van der Waals surface area contributed by atoms with Crippen LogP contribution in [0.15, 0.2) is 48.5 Å². The summed E-state index contributed by atoms with van der Waals surface area (Å²) in [6, 6.07) is 12.3. The summed E-state index contributed by atoms with van der Waals surface area (Å²) in [5.74, 6) is -0.979. The Morgan fingerprint density at radius 3 is 2.31 bits per heavy atom. The first-order valence-electron chi connectivity index (χ1n) is 9.31. The molecule has 1 atom stereocenters. The topological polar surface area (TPSA) is 92.8 Å². The minimum Gasteiger partial charge on any atom is -0.462 e. The van der Waals surface area contributed by atoms with E-state index in [9.17, 15) is 18.0 Å². The second-order valence-corrected chi connectivity index (χ2v) is 8.47. The highest BCUT2D eigenvalue weighted by atomic mass is 32.2. The molecule has 8 heteroatoms. The third kappa shape index (κ3) is 5.80. The van der Waals surface area contributed by atoms with Gasteiger partial charge in [-0.2, -0.15) is 0 Å². The average Bonchev–Trinajstić information content (AvgIpc) is 2.66. The van der Waals surface area contributed by atoms with Crippen LogP contribution in [-0.4, -0.2) is 39.2 Å². The van der Waals surface area contributed by atoms with Crippen molar-refractivity contribution in [1.82, 2.24) is 0 Å². The lowest BCUT2D eigenvalue weighted by Crippen LogP contribution is -2.47. The molecule has 0 bridgehead atoms. The number of anilines is 2. The molecule has 0 aromatic heterocycles. The lowest BCUT2D eigenvalue weighted by Gasteiger charge is -2.30. The fourth-order valence-electron chi connectivity index (χ4n) is 2.92. The number of amides is 1. The van der Waals surface area contributed by atoms with Crippen LogP contribution >= 0.6 is 0 Å². The molecule has 1 unspecified atom stereocenters. The maximum absolute atomic E-state index is 12.9. The number of carbonyl (C=O) groups is 2. The number of benzene rings is 2. The molecular weight excluding hydrogens is 392 g/mol. The van der Waals surface area contributed by atoms with E-state index in [1.807, 2.05) is 6.92 Å². The zero-order chi connectivity index (χ0) is 21.6. The molecule has 0 aliphatic carbocycles. The van der Waals surface area contributed by atoms with E-state index in [4.69, 9.17) is 4.74 Å². The number of nitrogens with zero attached hydrogens (tertiary/aromatic N) is 1. The first-order chi connectivity index (χ1) is 13.7. The van der Waals surface area contributed by atoms with E-state index >= 15 is 0 Å². The third-order valence-electron chi connectivity index (χ3n) is 4.26. The molecule has 0 fully saturated rings. The number of hydrogen-bond acceptors (Lipinski definition) is 5. The Bertz CT molecular complexity index is 971. The van der Waals surface area contributed by atoms with E-state index in [1.165, 1.54) is 6.07 Å². The standard InChI is InChI=1S/C21H26N2O5S/c1-5-19(23(29(4,26)27)18-12-10-15(3)11-13-18)20(24)22-17-9-7-8-16(14-17)21(25)28-6-2/h7-14,19H,5-6H2,1-4H3,(H,22,24). The van der Waals surface area contributed by atoms with E-state index in [2.05, 4.69) is 5.32 Å². The average molecular weight is 419 g/mol. The van der Waals surface area contributed by atoms with Crippen LogP contribution in [0.1, 0.15) is 36.2 Å². The van der Waals surface area contributed by atoms with Gasteiger partial charge in [-0.15, -0.1) is 0 Å². The molecule has 1 N–H and O–H groups in total. The van der Waals surface area contributed by atoms with Gasteiger partial charge < -0.3 is 10.1 Å². The Kier molecular flexibility index (Phi) is 7.39. The van der Waals surface area contributed by atoms with Crippen LogP contribution < -0.4 is 9.62 Å². The molecular formula is C21H26N2O5S. The normalized spacial score (nSPS) is 12.1. The van der Waals surface area contributed by atoms with Crippen LogP contribution in [-0.2, 0) is 19.6 Å². The second-order valence-electron chi connectivity index (χ2n) is 6.61. The predicted octanol–water partition coefficient (Wildman–Crippen LogP) is 3.36. The second kappa shape index (κ2) is 9.56. The molecule has 0 spiro atoms. The van der Waals surface area contributed by atoms with Crippen molar-refractivity contribution < 1.29 is 22.7 Å². The van der Waals surface area contributed by atoms with Crippen molar-refractivity contribution in [1.29, 1.82) is 0 Å². The first kappa shape index (κ1) is 22.4. The van der Waals surface area contributed by atoms with Gasteiger partial charge in [-0.3, -0.25) is 9.10 Å². The highest BCUT2D eigenvalue weighted by Crippen LogP contribution is 2.24. The first-order valence-corrected chi connectivity index (χ1v) is 11.2. The molecule has 0 saturated carbocycles. The predicted molar refractivity (Wildman–Crippen MR) is 114 cm³/mol. The van der Waals surface area contributed by atoms with E-state index in [0.29, 0.717) is 16.9 Å². The van der Waals surface area contributed by atoms with Gasteiger partial charge in [0, 0.05) is 5.69 Å². The van der Waals surface area contributed by atoms with Crippen molar-refractivity contribution in [2.75, 3.05) is 22.5 Å². The van der Waals surface area contributed by atoms with Crippen molar-refractivity contribution >= 4 is 33.3 Å². The Morgan fingerprint density at radius 1 is 1.10 bits per heavy atom. The van der Waals surface area contributed by atoms with Gasteiger partial charge in [0.25, 0.3) is 0 Å². The van der Waals surface area contributed by atoms with Gasteiger partial charge in [-0.25, -0.2) is 13.2 Å². The van der Waals surface area contributed by atoms with Gasteiger partial charge in [0.15, 0.2) is 0 Å². The fraction of sp³-hybridized carbons (Fsp3) is 0.333. The monoisotopic (exact) mass is 418 g/mol. The highest BCUT2D eigenvalue weighted by Gasteiger charge is 2.31. The number of carbonyl (C=O) groups excluding carboxylic acids is 2. The summed E-state index contributed by atoms with van der Waals surface area (Å²) in [5, 5.41) is 2.71. The summed E-state index contributed by atoms with van der Waals surface area (Å²) in [4.78, 5) is 24.8. The van der Waals surface area contributed by atoms with Crippen molar-refractivity contribution in [2.24, 2.45) is 0 Å². The number of hydrogen-bond donors (Lipinski definition) is 1. The zero-order valence-electron chi connectivity index (χ0n) is 17.0. The van der Waals surface area contributed by atoms with Gasteiger partial charge in [-0.1, -0.05) is 30.7 Å². The van der Waals surface area contributed by atoms with Gasteiger partial charge in [0.1, 0.15) is 6.04 Å². The van der Waals surface area contributed by atoms with Crippen LogP contribution in [0.5, 0.6) is 0 Å². The number of sulfonamides is 1. The van der Waals surface area contributed by atoms with Gasteiger partial charge in [0.2, 0.25) is 15.9 Å². The number of esters is 1. The lowest BCUT2D eigenvalue weighted by atomic mass is 10.1. The van der Waals surface area contributed by atoms with Gasteiger partial charge >= 0.3 is 5.97 Å². The number of rotatable bonds is 8. The molecule has 2 aromatic carbocycles. The molecule has 1 amide bonds. The lowest BCUT2D eigenvalue weighted by molar-refractivity contribution is -0.117. The van der Waals surface area contributed by atoms with Crippen LogP contribution in [0.4, 0.5) is 11.4 Å². The molecule has 0 aliphatic rings. The smallest absolute Gasteiger partial charge is 0.338 e. The summed E-state index contributed by atoms with van der Waals surface area (Å²) in [6.45, 7) is 5.59. The third-order valence-corrected chi connectivity index (χ3v) is 5.44. The van der Waals surface area contributed by atoms with E-state index in [1.54, 1.807) is 56.3 Å². The summed E-state index contributed by atoms with van der Waals surface area (Å²) in [5.41, 5.74) is 2.09. The Labute approximate surface area is 171 Å². The van der Waals surface area contributed by atoms with Crippen molar-refractivity contribution in [3.8, 4) is 0 Å². The molecule has 0 saturated heterocycles. The van der Waals surface area contributed by atoms with Crippen LogP contribution in [0, 0.1) is 6.92 Å². The maximum Gasteiger partial charge on any atom is 0.338 e. The van der Waals surface area contributed by atoms with Crippen molar-refractivity contribution in [3.63, 3.8) is 0 Å². The van der Waals surface area contributed by atoms with E-state index in [0.717, 1.165) is 16.1 Å². The summed E-state index contributed by atoms with van der Waals surface area (Å²) in [6.07, 6.45) is 1.34. The summed E-state index contributed by atoms with van der Waals surface area (Å²) in [7, 11) is -3.71. The van der Waals surface area contributed by atoms with Crippen LogP contribution in [0.2, 0.25) is 0 Å². The minimum absolute atomic E-state index is 0.243. The molecule has 29 heavy (non-hydrogen) atoms. The highest BCUT2D eigenvalue weighted by molar-refractivity contribution is 7.92. The summed E-state index contributed by atoms with van der Waals surface area (Å²) >= 11 is 0. The van der Waals surface area contributed by atoms with Gasteiger partial charge in [-0.05, 0) is 50.6 Å². The van der Waals surface area contributed by atoms with E-state index in [-0.39, 0.29) is 13.0 Å².